The van der Waals surface area contributed by atoms with Gasteiger partial charge in [0.15, 0.2) is 0 Å². The Balaban J connectivity index is 2.24. The molecule has 4 atom stereocenters. The van der Waals surface area contributed by atoms with Gasteiger partial charge in [-0.05, 0) is 56.3 Å². The minimum atomic E-state index is -0.0277. The summed E-state index contributed by atoms with van der Waals surface area (Å²) in [7, 11) is 0. The number of hydrogen-bond acceptors (Lipinski definition) is 1. The second-order valence-electron chi connectivity index (χ2n) is 6.93. The molecule has 1 saturated carbocycles. The number of hydrogen-bond donors (Lipinski definition) is 1. The highest BCUT2D eigenvalue weighted by Crippen LogP contribution is 2.48. The number of amides is 1. The maximum Gasteiger partial charge on any atom is 0.207 e. The molecule has 102 valence electrons. The van der Waals surface area contributed by atoms with Gasteiger partial charge in [-0.15, -0.1) is 0 Å². The highest BCUT2D eigenvalue weighted by Gasteiger charge is 2.41. The van der Waals surface area contributed by atoms with Crippen molar-refractivity contribution in [3.8, 4) is 0 Å². The molecule has 2 aliphatic rings. The summed E-state index contributed by atoms with van der Waals surface area (Å²) in [6.07, 6.45) is 8.08. The standard InChI is InChI=1S/C16H27NO/c1-11(2)13-6-5-12(3)14-7-8-16(4,17-10-18)9-15(13)14/h7,10-13,15H,5-6,8-9H2,1-4H3,(H,17,18). The first-order chi connectivity index (χ1) is 8.47. The van der Waals surface area contributed by atoms with E-state index in [-0.39, 0.29) is 5.54 Å². The zero-order valence-corrected chi connectivity index (χ0v) is 12.2. The third-order valence-electron chi connectivity index (χ3n) is 5.17. The van der Waals surface area contributed by atoms with E-state index in [1.54, 1.807) is 5.57 Å². The van der Waals surface area contributed by atoms with Crippen LogP contribution in [-0.4, -0.2) is 11.9 Å². The third-order valence-corrected chi connectivity index (χ3v) is 5.17. The molecule has 0 heterocycles. The molecule has 0 radical (unpaired) electrons. The predicted molar refractivity (Wildman–Crippen MR) is 75.1 cm³/mol. The van der Waals surface area contributed by atoms with Gasteiger partial charge in [0.2, 0.25) is 6.41 Å². The van der Waals surface area contributed by atoms with Gasteiger partial charge in [-0.25, -0.2) is 0 Å². The summed E-state index contributed by atoms with van der Waals surface area (Å²) in [6, 6.07) is 0. The van der Waals surface area contributed by atoms with Crippen molar-refractivity contribution in [2.24, 2.45) is 23.7 Å². The van der Waals surface area contributed by atoms with Gasteiger partial charge >= 0.3 is 0 Å². The molecule has 2 nitrogen and oxygen atoms in total. The molecule has 0 bridgehead atoms. The van der Waals surface area contributed by atoms with E-state index >= 15 is 0 Å². The van der Waals surface area contributed by atoms with E-state index in [2.05, 4.69) is 39.1 Å². The topological polar surface area (TPSA) is 29.1 Å². The number of nitrogens with one attached hydrogen (secondary N) is 1. The molecule has 2 aliphatic carbocycles. The number of carbonyl (C=O) groups is 1. The summed E-state index contributed by atoms with van der Waals surface area (Å²) in [4.78, 5) is 10.8. The second kappa shape index (κ2) is 5.07. The Kier molecular flexibility index (Phi) is 3.84. The molecule has 18 heavy (non-hydrogen) atoms. The molecular weight excluding hydrogens is 222 g/mol. The molecule has 4 unspecified atom stereocenters. The van der Waals surface area contributed by atoms with E-state index < -0.39 is 0 Å². The van der Waals surface area contributed by atoms with E-state index in [9.17, 15) is 4.79 Å². The van der Waals surface area contributed by atoms with Crippen LogP contribution in [0.2, 0.25) is 0 Å². The number of allylic oxidation sites excluding steroid dienone is 1. The van der Waals surface area contributed by atoms with Crippen LogP contribution in [0, 0.1) is 23.7 Å². The van der Waals surface area contributed by atoms with Crippen molar-refractivity contribution in [3.05, 3.63) is 11.6 Å². The lowest BCUT2D eigenvalue weighted by molar-refractivity contribution is -0.111. The molecule has 0 aromatic rings. The Morgan fingerprint density at radius 1 is 1.44 bits per heavy atom. The number of carbonyl (C=O) groups excluding carboxylic acids is 1. The van der Waals surface area contributed by atoms with Gasteiger partial charge < -0.3 is 5.32 Å². The lowest BCUT2D eigenvalue weighted by Gasteiger charge is -2.47. The summed E-state index contributed by atoms with van der Waals surface area (Å²) in [5.74, 6) is 2.95. The van der Waals surface area contributed by atoms with E-state index in [4.69, 9.17) is 0 Å². The largest absolute Gasteiger partial charge is 0.353 e. The van der Waals surface area contributed by atoms with Crippen molar-refractivity contribution >= 4 is 6.41 Å². The average Bonchev–Trinajstić information content (AvgIpc) is 2.28. The van der Waals surface area contributed by atoms with Gasteiger partial charge in [-0.3, -0.25) is 4.79 Å². The first kappa shape index (κ1) is 13.6. The van der Waals surface area contributed by atoms with Crippen molar-refractivity contribution in [3.63, 3.8) is 0 Å². The molecule has 0 saturated heterocycles. The quantitative estimate of drug-likeness (QED) is 0.601. The summed E-state index contributed by atoms with van der Waals surface area (Å²) >= 11 is 0. The van der Waals surface area contributed by atoms with Gasteiger partial charge in [0.1, 0.15) is 0 Å². The summed E-state index contributed by atoms with van der Waals surface area (Å²) in [6.45, 7) is 9.24. The highest BCUT2D eigenvalue weighted by atomic mass is 16.1. The fourth-order valence-corrected chi connectivity index (χ4v) is 4.01. The fourth-order valence-electron chi connectivity index (χ4n) is 4.01. The summed E-state index contributed by atoms with van der Waals surface area (Å²) in [5, 5.41) is 3.04. The van der Waals surface area contributed by atoms with E-state index in [0.717, 1.165) is 37.0 Å². The van der Waals surface area contributed by atoms with Crippen molar-refractivity contribution in [1.29, 1.82) is 0 Å². The zero-order valence-electron chi connectivity index (χ0n) is 12.2. The molecule has 1 amide bonds. The average molecular weight is 249 g/mol. The van der Waals surface area contributed by atoms with Crippen LogP contribution in [-0.2, 0) is 4.79 Å². The molecule has 2 rings (SSSR count). The van der Waals surface area contributed by atoms with Crippen LogP contribution in [0.3, 0.4) is 0 Å². The molecule has 1 fully saturated rings. The molecule has 1 N–H and O–H groups in total. The zero-order chi connectivity index (χ0) is 13.3. The van der Waals surface area contributed by atoms with Gasteiger partial charge in [0, 0.05) is 5.54 Å². The van der Waals surface area contributed by atoms with Crippen molar-refractivity contribution in [2.45, 2.75) is 58.9 Å². The van der Waals surface area contributed by atoms with Gasteiger partial charge in [-0.1, -0.05) is 32.4 Å². The normalized spacial score (nSPS) is 40.1. The van der Waals surface area contributed by atoms with Crippen LogP contribution < -0.4 is 5.32 Å². The molecular formula is C16H27NO. The molecule has 0 spiro atoms. The molecule has 0 aliphatic heterocycles. The summed E-state index contributed by atoms with van der Waals surface area (Å²) < 4.78 is 0. The van der Waals surface area contributed by atoms with Crippen LogP contribution in [0.15, 0.2) is 11.6 Å². The van der Waals surface area contributed by atoms with Crippen LogP contribution in [0.5, 0.6) is 0 Å². The van der Waals surface area contributed by atoms with Crippen LogP contribution >= 0.6 is 0 Å². The Labute approximate surface area is 111 Å². The maximum atomic E-state index is 10.8. The SMILES string of the molecule is CC1CCC(C(C)C)C2CC(C)(NC=O)CC=C12. The first-order valence-corrected chi connectivity index (χ1v) is 7.38. The first-order valence-electron chi connectivity index (χ1n) is 7.38. The highest BCUT2D eigenvalue weighted by molar-refractivity contribution is 5.48. The Bertz CT molecular complexity index is 347. The molecule has 0 aromatic carbocycles. The summed E-state index contributed by atoms with van der Waals surface area (Å²) in [5.41, 5.74) is 1.64. The fraction of sp³-hybridized carbons (Fsp3) is 0.812. The minimum absolute atomic E-state index is 0.0277. The maximum absolute atomic E-state index is 10.8. The van der Waals surface area contributed by atoms with E-state index in [1.807, 2.05) is 0 Å². The van der Waals surface area contributed by atoms with Crippen molar-refractivity contribution in [1.82, 2.24) is 5.32 Å². The monoisotopic (exact) mass is 249 g/mol. The Morgan fingerprint density at radius 3 is 2.78 bits per heavy atom. The van der Waals surface area contributed by atoms with Gasteiger partial charge in [0.25, 0.3) is 0 Å². The lowest BCUT2D eigenvalue weighted by atomic mass is 9.61. The van der Waals surface area contributed by atoms with Crippen molar-refractivity contribution < 1.29 is 4.79 Å². The van der Waals surface area contributed by atoms with E-state index in [1.165, 1.54) is 12.8 Å². The van der Waals surface area contributed by atoms with Gasteiger partial charge in [-0.2, -0.15) is 0 Å². The molecule has 0 aromatic heterocycles. The Morgan fingerprint density at radius 2 is 2.17 bits per heavy atom. The van der Waals surface area contributed by atoms with Gasteiger partial charge in [0.05, 0.1) is 0 Å². The number of rotatable bonds is 3. The second-order valence-corrected chi connectivity index (χ2v) is 6.93. The molecule has 2 heteroatoms. The third kappa shape index (κ3) is 2.48. The number of fused-ring (bicyclic) bond motifs is 1. The minimum Gasteiger partial charge on any atom is -0.353 e. The van der Waals surface area contributed by atoms with Crippen LogP contribution in [0.1, 0.15) is 53.4 Å². The van der Waals surface area contributed by atoms with Crippen LogP contribution in [0.4, 0.5) is 0 Å². The smallest absolute Gasteiger partial charge is 0.207 e. The predicted octanol–water partition coefficient (Wildman–Crippen LogP) is 3.53. The van der Waals surface area contributed by atoms with Crippen LogP contribution in [0.25, 0.3) is 0 Å². The Hall–Kier alpha value is -0.790. The van der Waals surface area contributed by atoms with E-state index in [0.29, 0.717) is 5.92 Å². The lowest BCUT2D eigenvalue weighted by Crippen LogP contribution is -2.48. The van der Waals surface area contributed by atoms with Crippen molar-refractivity contribution in [2.75, 3.05) is 0 Å².